The van der Waals surface area contributed by atoms with Crippen molar-refractivity contribution >= 4 is 11.8 Å². The summed E-state index contributed by atoms with van der Waals surface area (Å²) in [4.78, 5) is 19.8. The van der Waals surface area contributed by atoms with Crippen molar-refractivity contribution in [3.05, 3.63) is 17.6 Å². The van der Waals surface area contributed by atoms with Gasteiger partial charge in [0.2, 0.25) is 0 Å². The van der Waals surface area contributed by atoms with Crippen molar-refractivity contribution in [1.82, 2.24) is 9.97 Å². The Bertz CT molecular complexity index is 435. The highest BCUT2D eigenvalue weighted by Gasteiger charge is 2.18. The first kappa shape index (κ1) is 15.4. The maximum atomic E-state index is 11.2. The number of nitrogens with one attached hydrogen (secondary N) is 1. The summed E-state index contributed by atoms with van der Waals surface area (Å²) in [6, 6.07) is 1.03. The number of rotatable bonds is 7. The molecule has 0 bridgehead atoms. The fourth-order valence-electron chi connectivity index (χ4n) is 1.60. The number of nitrogens with zero attached hydrogens (tertiary/aromatic N) is 2. The molecule has 1 rings (SSSR count). The van der Waals surface area contributed by atoms with E-state index in [0.717, 1.165) is 5.69 Å². The Morgan fingerprint density at radius 3 is 2.68 bits per heavy atom. The van der Waals surface area contributed by atoms with E-state index in [1.165, 1.54) is 0 Å². The fraction of sp³-hybridized carbons (Fsp3) is 0.615. The number of carbonyl (C=O) groups is 1. The SMILES string of the molecule is COCCC(Nc1cc(C)nc(C(C)C)n1)C(=O)O. The molecule has 106 valence electrons. The highest BCUT2D eigenvalue weighted by atomic mass is 16.5. The van der Waals surface area contributed by atoms with Crippen LogP contribution in [0.4, 0.5) is 5.82 Å². The van der Waals surface area contributed by atoms with Gasteiger partial charge in [-0.15, -0.1) is 0 Å². The normalized spacial score (nSPS) is 12.5. The monoisotopic (exact) mass is 267 g/mol. The molecule has 0 spiro atoms. The second-order valence-corrected chi connectivity index (χ2v) is 4.72. The number of carboxylic acids is 1. The molecular weight excluding hydrogens is 246 g/mol. The van der Waals surface area contributed by atoms with Crippen molar-refractivity contribution < 1.29 is 14.6 Å². The Hall–Kier alpha value is -1.69. The summed E-state index contributed by atoms with van der Waals surface area (Å²) in [6.45, 7) is 6.24. The van der Waals surface area contributed by atoms with Crippen LogP contribution in [0.5, 0.6) is 0 Å². The molecule has 0 amide bonds. The lowest BCUT2D eigenvalue weighted by Gasteiger charge is -2.16. The second-order valence-electron chi connectivity index (χ2n) is 4.72. The summed E-state index contributed by atoms with van der Waals surface area (Å²) < 4.78 is 4.91. The van der Waals surface area contributed by atoms with Crippen LogP contribution < -0.4 is 5.32 Å². The van der Waals surface area contributed by atoms with Crippen LogP contribution in [0.2, 0.25) is 0 Å². The van der Waals surface area contributed by atoms with Crippen LogP contribution in [-0.2, 0) is 9.53 Å². The molecule has 1 atom stereocenters. The van der Waals surface area contributed by atoms with E-state index in [4.69, 9.17) is 9.84 Å². The molecule has 2 N–H and O–H groups in total. The van der Waals surface area contributed by atoms with Gasteiger partial charge in [0.25, 0.3) is 0 Å². The maximum absolute atomic E-state index is 11.2. The van der Waals surface area contributed by atoms with Crippen LogP contribution in [0.1, 0.15) is 37.7 Å². The van der Waals surface area contributed by atoms with Crippen LogP contribution in [0.3, 0.4) is 0 Å². The van der Waals surface area contributed by atoms with Crippen molar-refractivity contribution in [2.45, 2.75) is 39.2 Å². The molecule has 0 aliphatic heterocycles. The third-order valence-electron chi connectivity index (χ3n) is 2.62. The van der Waals surface area contributed by atoms with E-state index >= 15 is 0 Å². The number of methoxy groups -OCH3 is 1. The van der Waals surface area contributed by atoms with Gasteiger partial charge in [0.05, 0.1) is 0 Å². The number of hydrogen-bond acceptors (Lipinski definition) is 5. The lowest BCUT2D eigenvalue weighted by molar-refractivity contribution is -0.138. The van der Waals surface area contributed by atoms with Gasteiger partial charge in [-0.2, -0.15) is 0 Å². The second kappa shape index (κ2) is 7.04. The van der Waals surface area contributed by atoms with Crippen LogP contribution in [0.25, 0.3) is 0 Å². The number of aryl methyl sites for hydroxylation is 1. The number of hydrogen-bond donors (Lipinski definition) is 2. The quantitative estimate of drug-likeness (QED) is 0.783. The predicted molar refractivity (Wildman–Crippen MR) is 72.4 cm³/mol. The number of aliphatic carboxylic acids is 1. The molecule has 0 fully saturated rings. The lowest BCUT2D eigenvalue weighted by Crippen LogP contribution is -2.31. The fourth-order valence-corrected chi connectivity index (χ4v) is 1.60. The van der Waals surface area contributed by atoms with Gasteiger partial charge in [0.1, 0.15) is 17.7 Å². The standard InChI is InChI=1S/C13H21N3O3/c1-8(2)12-14-9(3)7-11(16-12)15-10(13(17)18)5-6-19-4/h7-8,10H,5-6H2,1-4H3,(H,17,18)(H,14,15,16). The lowest BCUT2D eigenvalue weighted by atomic mass is 10.2. The highest BCUT2D eigenvalue weighted by Crippen LogP contribution is 2.15. The number of carboxylic acid groups (broad SMARTS) is 1. The van der Waals surface area contributed by atoms with Gasteiger partial charge in [0.15, 0.2) is 0 Å². The average Bonchev–Trinajstić information content (AvgIpc) is 2.33. The van der Waals surface area contributed by atoms with E-state index in [9.17, 15) is 4.79 Å². The van der Waals surface area contributed by atoms with Gasteiger partial charge < -0.3 is 15.2 Å². The molecule has 0 aromatic carbocycles. The van der Waals surface area contributed by atoms with E-state index in [1.54, 1.807) is 13.2 Å². The summed E-state index contributed by atoms with van der Waals surface area (Å²) in [7, 11) is 1.55. The molecule has 19 heavy (non-hydrogen) atoms. The Morgan fingerprint density at radius 2 is 2.16 bits per heavy atom. The Balaban J connectivity index is 2.86. The molecule has 1 unspecified atom stereocenters. The van der Waals surface area contributed by atoms with Gasteiger partial charge in [-0.3, -0.25) is 0 Å². The van der Waals surface area contributed by atoms with Gasteiger partial charge >= 0.3 is 5.97 Å². The van der Waals surface area contributed by atoms with Crippen molar-refractivity contribution in [2.24, 2.45) is 0 Å². The molecule has 0 aliphatic rings. The minimum absolute atomic E-state index is 0.197. The average molecular weight is 267 g/mol. The molecular formula is C13H21N3O3. The molecule has 6 heteroatoms. The van der Waals surface area contributed by atoms with Gasteiger partial charge in [-0.1, -0.05) is 13.8 Å². The van der Waals surface area contributed by atoms with Crippen LogP contribution in [0, 0.1) is 6.92 Å². The Labute approximate surface area is 113 Å². The molecule has 1 aromatic rings. The molecule has 0 saturated heterocycles. The van der Waals surface area contributed by atoms with Gasteiger partial charge in [-0.05, 0) is 6.92 Å². The van der Waals surface area contributed by atoms with E-state index in [2.05, 4.69) is 15.3 Å². The van der Waals surface area contributed by atoms with E-state index in [1.807, 2.05) is 20.8 Å². The van der Waals surface area contributed by atoms with Crippen LogP contribution >= 0.6 is 0 Å². The molecule has 6 nitrogen and oxygen atoms in total. The van der Waals surface area contributed by atoms with E-state index in [0.29, 0.717) is 24.7 Å². The number of ether oxygens (including phenoxy) is 1. The molecule has 1 aromatic heterocycles. The van der Waals surface area contributed by atoms with Crippen LogP contribution in [-0.4, -0.2) is 40.8 Å². The zero-order valence-corrected chi connectivity index (χ0v) is 11.8. The summed E-state index contributed by atoms with van der Waals surface area (Å²) in [5.74, 6) is 0.528. The third-order valence-corrected chi connectivity index (χ3v) is 2.62. The Morgan fingerprint density at radius 1 is 1.47 bits per heavy atom. The summed E-state index contributed by atoms with van der Waals surface area (Å²) in [6.07, 6.45) is 0.381. The zero-order chi connectivity index (χ0) is 14.4. The van der Waals surface area contributed by atoms with Crippen LogP contribution in [0.15, 0.2) is 6.07 Å². The highest BCUT2D eigenvalue weighted by molar-refractivity contribution is 5.76. The largest absolute Gasteiger partial charge is 0.480 e. The Kier molecular flexibility index (Phi) is 5.69. The topological polar surface area (TPSA) is 84.3 Å². The van der Waals surface area contributed by atoms with Crippen molar-refractivity contribution in [1.29, 1.82) is 0 Å². The van der Waals surface area contributed by atoms with Gasteiger partial charge in [0, 0.05) is 37.8 Å². The first-order chi connectivity index (χ1) is 8.93. The number of anilines is 1. The van der Waals surface area contributed by atoms with Crippen molar-refractivity contribution in [2.75, 3.05) is 19.0 Å². The predicted octanol–water partition coefficient (Wildman–Crippen LogP) is 1.81. The molecule has 1 heterocycles. The third kappa shape index (κ3) is 4.82. The first-order valence-corrected chi connectivity index (χ1v) is 6.28. The zero-order valence-electron chi connectivity index (χ0n) is 11.8. The molecule has 0 aliphatic carbocycles. The molecule has 0 radical (unpaired) electrons. The summed E-state index contributed by atoms with van der Waals surface area (Å²) in [5.41, 5.74) is 0.817. The van der Waals surface area contributed by atoms with E-state index in [-0.39, 0.29) is 5.92 Å². The van der Waals surface area contributed by atoms with Crippen molar-refractivity contribution in [3.8, 4) is 0 Å². The van der Waals surface area contributed by atoms with Crippen molar-refractivity contribution in [3.63, 3.8) is 0 Å². The first-order valence-electron chi connectivity index (χ1n) is 6.28. The minimum Gasteiger partial charge on any atom is -0.480 e. The summed E-state index contributed by atoms with van der Waals surface area (Å²) in [5, 5.41) is 12.1. The molecule has 0 saturated carbocycles. The summed E-state index contributed by atoms with van der Waals surface area (Å²) >= 11 is 0. The maximum Gasteiger partial charge on any atom is 0.326 e. The van der Waals surface area contributed by atoms with Gasteiger partial charge in [-0.25, -0.2) is 14.8 Å². The number of aromatic nitrogens is 2. The van der Waals surface area contributed by atoms with E-state index < -0.39 is 12.0 Å². The minimum atomic E-state index is -0.917. The smallest absolute Gasteiger partial charge is 0.326 e.